The highest BCUT2D eigenvalue weighted by atomic mass is 31.2. The highest BCUT2D eigenvalue weighted by Crippen LogP contribution is 2.50. The fourth-order valence-electron chi connectivity index (χ4n) is 5.08. The van der Waals surface area contributed by atoms with E-state index < -0.39 is 69.4 Å². The molecule has 2 fully saturated rings. The van der Waals surface area contributed by atoms with Crippen LogP contribution in [0.2, 0.25) is 0 Å². The topological polar surface area (TPSA) is 274 Å². The Bertz CT molecular complexity index is 1690. The largest absolute Gasteiger partial charge is 0.472 e. The van der Waals surface area contributed by atoms with E-state index in [4.69, 9.17) is 30.0 Å². The Kier molecular flexibility index (Phi) is 6.99. The normalized spacial score (nSPS) is 29.9. The minimum atomic E-state index is -4.78. The minimum absolute atomic E-state index is 0.00771. The third-order valence-corrected chi connectivity index (χ3v) is 8.10. The Morgan fingerprint density at radius 2 is 1.85 bits per heavy atom. The van der Waals surface area contributed by atoms with Crippen LogP contribution in [0.15, 0.2) is 23.8 Å². The van der Waals surface area contributed by atoms with Crippen LogP contribution in [0.3, 0.4) is 0 Å². The number of nitrogens with one attached hydrogen (secondary N) is 1. The second-order valence-corrected chi connectivity index (χ2v) is 11.2. The molecule has 0 aliphatic carbocycles. The molecule has 1 unspecified atom stereocenters. The second kappa shape index (κ2) is 10.4. The van der Waals surface area contributed by atoms with E-state index in [0.717, 1.165) is 0 Å². The molecule has 19 nitrogen and oxygen atoms in total. The lowest BCUT2D eigenvalue weighted by atomic mass is 10.0. The SMILES string of the molecule is C[C@@H]1[C@H](O)[C@@H](COP(=O)(O)O[C@@H]2C[C@@H](CO)O[C@H]2n2cnc3c(=O)[nH]c(N)nc32)O[C@H]1n1cnc2c(N)ncnc21. The maximum absolute atomic E-state index is 13.0. The van der Waals surface area contributed by atoms with Crippen LogP contribution in [0.25, 0.3) is 22.3 Å². The molecule has 0 amide bonds. The molecule has 4 aromatic rings. The van der Waals surface area contributed by atoms with Gasteiger partial charge in [0.05, 0.1) is 38.1 Å². The number of nitrogens with zero attached hydrogens (tertiary/aromatic N) is 7. The predicted molar refractivity (Wildman–Crippen MR) is 138 cm³/mol. The number of aromatic nitrogens is 8. The van der Waals surface area contributed by atoms with Crippen LogP contribution < -0.4 is 17.0 Å². The summed E-state index contributed by atoms with van der Waals surface area (Å²) in [6.07, 6.45) is -1.80. The van der Waals surface area contributed by atoms with Crippen LogP contribution in [0.5, 0.6) is 0 Å². The number of aromatic amines is 1. The Hall–Kier alpha value is -3.55. The predicted octanol–water partition coefficient (Wildman–Crippen LogP) is -1.20. The number of nitrogens with two attached hydrogens (primary N) is 2. The lowest BCUT2D eigenvalue weighted by Crippen LogP contribution is -2.29. The number of phosphoric acid groups is 1. The van der Waals surface area contributed by atoms with Crippen molar-refractivity contribution in [2.24, 2.45) is 5.92 Å². The first kappa shape index (κ1) is 27.6. The van der Waals surface area contributed by atoms with Gasteiger partial charge in [0.15, 0.2) is 28.9 Å². The molecule has 2 aliphatic heterocycles. The van der Waals surface area contributed by atoms with Gasteiger partial charge in [0, 0.05) is 12.3 Å². The first-order valence-electron chi connectivity index (χ1n) is 12.5. The maximum atomic E-state index is 13.0. The lowest BCUT2D eigenvalue weighted by molar-refractivity contribution is -0.0597. The molecule has 220 valence electrons. The van der Waals surface area contributed by atoms with Gasteiger partial charge in [0.25, 0.3) is 5.56 Å². The van der Waals surface area contributed by atoms with Gasteiger partial charge in [0.1, 0.15) is 30.3 Å². The lowest BCUT2D eigenvalue weighted by Gasteiger charge is -2.23. The molecule has 8 atom stereocenters. The van der Waals surface area contributed by atoms with Crippen molar-refractivity contribution in [3.05, 3.63) is 29.3 Å². The van der Waals surface area contributed by atoms with Gasteiger partial charge < -0.3 is 36.0 Å². The second-order valence-electron chi connectivity index (χ2n) is 9.75. The van der Waals surface area contributed by atoms with Gasteiger partial charge in [-0.25, -0.2) is 24.5 Å². The van der Waals surface area contributed by atoms with Crippen LogP contribution >= 0.6 is 7.82 Å². The highest BCUT2D eigenvalue weighted by molar-refractivity contribution is 7.47. The minimum Gasteiger partial charge on any atom is -0.394 e. The van der Waals surface area contributed by atoms with Crippen LogP contribution in [-0.4, -0.2) is 91.8 Å². The Labute approximate surface area is 229 Å². The van der Waals surface area contributed by atoms with Crippen LogP contribution in [0.1, 0.15) is 25.8 Å². The van der Waals surface area contributed by atoms with E-state index in [-0.39, 0.29) is 29.4 Å². The highest BCUT2D eigenvalue weighted by Gasteiger charge is 2.46. The monoisotopic (exact) mass is 594 g/mol. The Balaban J connectivity index is 1.16. The van der Waals surface area contributed by atoms with Gasteiger partial charge >= 0.3 is 7.82 Å². The van der Waals surface area contributed by atoms with Crippen LogP contribution in [0, 0.1) is 5.92 Å². The smallest absolute Gasteiger partial charge is 0.394 e. The third-order valence-electron chi connectivity index (χ3n) is 7.09. The molecule has 20 heteroatoms. The number of phosphoric ester groups is 1. The van der Waals surface area contributed by atoms with Gasteiger partial charge in [-0.1, -0.05) is 6.92 Å². The summed E-state index contributed by atoms with van der Waals surface area (Å²) in [6.45, 7) is 0.830. The van der Waals surface area contributed by atoms with Crippen molar-refractivity contribution in [1.29, 1.82) is 0 Å². The number of aliphatic hydroxyl groups excluding tert-OH is 2. The van der Waals surface area contributed by atoms with Gasteiger partial charge in [-0.2, -0.15) is 4.98 Å². The number of hydrogen-bond donors (Lipinski definition) is 6. The fraction of sp³-hybridized carbons (Fsp3) is 0.524. The van der Waals surface area contributed by atoms with Crippen molar-refractivity contribution in [2.45, 2.75) is 50.2 Å². The number of ether oxygens (including phenoxy) is 2. The summed E-state index contributed by atoms with van der Waals surface area (Å²) < 4.78 is 38.3. The molecule has 0 saturated carbocycles. The molecule has 4 aromatic heterocycles. The van der Waals surface area contributed by atoms with Crippen LogP contribution in [0.4, 0.5) is 11.8 Å². The molecule has 2 aliphatic rings. The van der Waals surface area contributed by atoms with Crippen molar-refractivity contribution < 1.29 is 38.2 Å². The number of aliphatic hydroxyl groups is 2. The Morgan fingerprint density at radius 1 is 1.12 bits per heavy atom. The summed E-state index contributed by atoms with van der Waals surface area (Å²) in [5.74, 6) is -0.464. The number of anilines is 2. The molecule has 41 heavy (non-hydrogen) atoms. The van der Waals surface area contributed by atoms with Crippen molar-refractivity contribution in [3.63, 3.8) is 0 Å². The summed E-state index contributed by atoms with van der Waals surface area (Å²) in [7, 11) is -4.78. The van der Waals surface area contributed by atoms with E-state index in [2.05, 4.69) is 29.9 Å². The molecule has 0 spiro atoms. The van der Waals surface area contributed by atoms with E-state index >= 15 is 0 Å². The molecule has 2 saturated heterocycles. The average molecular weight is 594 g/mol. The molecule has 8 N–H and O–H groups in total. The summed E-state index contributed by atoms with van der Waals surface area (Å²) in [4.78, 5) is 45.5. The first-order valence-corrected chi connectivity index (χ1v) is 14.0. The molecule has 0 aromatic carbocycles. The van der Waals surface area contributed by atoms with Crippen molar-refractivity contribution >= 4 is 41.9 Å². The first-order chi connectivity index (χ1) is 19.6. The quantitative estimate of drug-likeness (QED) is 0.131. The molecular weight excluding hydrogens is 567 g/mol. The van der Waals surface area contributed by atoms with E-state index in [9.17, 15) is 24.5 Å². The summed E-state index contributed by atoms with van der Waals surface area (Å²) in [5.41, 5.74) is 11.7. The van der Waals surface area contributed by atoms with E-state index in [0.29, 0.717) is 11.2 Å². The van der Waals surface area contributed by atoms with Crippen molar-refractivity contribution in [3.8, 4) is 0 Å². The number of nitrogen functional groups attached to an aromatic ring is 2. The summed E-state index contributed by atoms with van der Waals surface area (Å²) in [5, 5.41) is 20.5. The van der Waals surface area contributed by atoms with Crippen LogP contribution in [-0.2, 0) is 23.1 Å². The number of H-pyrrole nitrogens is 1. The zero-order valence-corrected chi connectivity index (χ0v) is 22.3. The van der Waals surface area contributed by atoms with Gasteiger partial charge in [-0.3, -0.25) is 28.0 Å². The number of rotatable bonds is 8. The van der Waals surface area contributed by atoms with Crippen molar-refractivity contribution in [2.75, 3.05) is 24.7 Å². The molecule has 0 bridgehead atoms. The molecule has 0 radical (unpaired) electrons. The van der Waals surface area contributed by atoms with Gasteiger partial charge in [0.2, 0.25) is 5.95 Å². The average Bonchev–Trinajstić information content (AvgIpc) is 3.69. The molecular formula is C21H27N10O9P. The maximum Gasteiger partial charge on any atom is 0.472 e. The number of fused-ring (bicyclic) bond motifs is 2. The number of imidazole rings is 2. The zero-order chi connectivity index (χ0) is 29.1. The Morgan fingerprint density at radius 3 is 2.61 bits per heavy atom. The van der Waals surface area contributed by atoms with Gasteiger partial charge in [-0.15, -0.1) is 0 Å². The number of hydrogen-bond acceptors (Lipinski definition) is 15. The molecule has 6 heterocycles. The standard InChI is InChI=1S/C21H27N10O9P/c1-8-14(33)11(39-19(8)30-6-26-12-15(22)24-5-25-16(12)30)4-37-41(35,36)40-10-2-9(3-32)38-20(10)31-7-27-13-17(31)28-21(23)29-18(13)34/h5-11,14,19-20,32-33H,2-4H2,1H3,(H,35,36)(H2,22,24,25)(H3,23,28,29,34)/t8-,9+,10-,11-,14+,19-,20-/m1/s1. The zero-order valence-electron chi connectivity index (χ0n) is 21.4. The third kappa shape index (κ3) is 4.95. The van der Waals surface area contributed by atoms with Crippen molar-refractivity contribution in [1.82, 2.24) is 39.0 Å². The molecule has 6 rings (SSSR count). The van der Waals surface area contributed by atoms with E-state index in [1.807, 2.05) is 0 Å². The van der Waals surface area contributed by atoms with E-state index in [1.54, 1.807) is 11.5 Å². The fourth-order valence-corrected chi connectivity index (χ4v) is 6.00. The summed E-state index contributed by atoms with van der Waals surface area (Å²) >= 11 is 0. The van der Waals surface area contributed by atoms with Gasteiger partial charge in [-0.05, 0) is 0 Å². The van der Waals surface area contributed by atoms with E-state index in [1.165, 1.54) is 23.5 Å². The summed E-state index contributed by atoms with van der Waals surface area (Å²) in [6, 6.07) is 0.